The molecule has 0 radical (unpaired) electrons. The number of halogens is 3. The Morgan fingerprint density at radius 2 is 1.39 bits per heavy atom. The predicted molar refractivity (Wildman–Crippen MR) is 149 cm³/mol. The van der Waals surface area contributed by atoms with Gasteiger partial charge in [-0.2, -0.15) is 0 Å². The summed E-state index contributed by atoms with van der Waals surface area (Å²) in [6, 6.07) is 29.0. The molecule has 0 bridgehead atoms. The lowest BCUT2D eigenvalue weighted by molar-refractivity contribution is -0.140. The second kappa shape index (κ2) is 13.2. The molecule has 0 fully saturated rings. The van der Waals surface area contributed by atoms with Gasteiger partial charge >= 0.3 is 0 Å². The van der Waals surface area contributed by atoms with Gasteiger partial charge < -0.3 is 10.2 Å². The van der Waals surface area contributed by atoms with Gasteiger partial charge in [-0.15, -0.1) is 0 Å². The summed E-state index contributed by atoms with van der Waals surface area (Å²) in [5, 5.41) is 4.09. The van der Waals surface area contributed by atoms with Gasteiger partial charge in [0.1, 0.15) is 11.9 Å². The fraction of sp³-hybridized carbons (Fsp3) is 0.161. The monoisotopic (exact) mass is 548 g/mol. The number of amides is 2. The molecule has 7 heteroatoms. The maximum Gasteiger partial charge on any atom is 0.243 e. The van der Waals surface area contributed by atoms with E-state index in [9.17, 15) is 14.0 Å². The van der Waals surface area contributed by atoms with Gasteiger partial charge in [-0.1, -0.05) is 96.0 Å². The quantitative estimate of drug-likeness (QED) is 0.241. The second-order valence-corrected chi connectivity index (χ2v) is 9.81. The summed E-state index contributed by atoms with van der Waals surface area (Å²) in [6.07, 6.45) is 0.393. The van der Waals surface area contributed by atoms with Crippen LogP contribution in [0.15, 0.2) is 103 Å². The molecule has 194 valence electrons. The van der Waals surface area contributed by atoms with Crippen molar-refractivity contribution in [3.63, 3.8) is 0 Å². The van der Waals surface area contributed by atoms with Crippen LogP contribution in [0.2, 0.25) is 10.0 Å². The van der Waals surface area contributed by atoms with E-state index in [1.807, 2.05) is 48.5 Å². The van der Waals surface area contributed by atoms with E-state index in [1.165, 1.54) is 12.1 Å². The molecule has 4 aromatic carbocycles. The first-order valence-corrected chi connectivity index (χ1v) is 13.0. The summed E-state index contributed by atoms with van der Waals surface area (Å²) in [7, 11) is 0. The molecule has 0 unspecified atom stereocenters. The van der Waals surface area contributed by atoms with Crippen molar-refractivity contribution >= 4 is 35.0 Å². The Morgan fingerprint density at radius 1 is 0.763 bits per heavy atom. The van der Waals surface area contributed by atoms with Crippen LogP contribution in [-0.4, -0.2) is 22.8 Å². The van der Waals surface area contributed by atoms with Crippen LogP contribution in [0, 0.1) is 5.82 Å². The number of nitrogens with zero attached hydrogens (tertiary/aromatic N) is 1. The highest BCUT2D eigenvalue weighted by Gasteiger charge is 2.30. The van der Waals surface area contributed by atoms with Gasteiger partial charge in [0.2, 0.25) is 11.8 Å². The molecule has 1 N–H and O–H groups in total. The highest BCUT2D eigenvalue weighted by Crippen LogP contribution is 2.19. The van der Waals surface area contributed by atoms with Crippen LogP contribution in [0.5, 0.6) is 0 Å². The molecule has 1 atom stereocenters. The molecule has 4 rings (SSSR count). The minimum atomic E-state index is -0.815. The van der Waals surface area contributed by atoms with Crippen LogP contribution >= 0.6 is 23.2 Å². The van der Waals surface area contributed by atoms with E-state index < -0.39 is 6.04 Å². The Kier molecular flexibility index (Phi) is 9.52. The molecule has 4 nitrogen and oxygen atoms in total. The normalized spacial score (nSPS) is 11.6. The minimum Gasteiger partial charge on any atom is -0.350 e. The average molecular weight is 549 g/mol. The molecular formula is C31H27Cl2FN2O2. The molecule has 0 aliphatic rings. The van der Waals surface area contributed by atoms with Gasteiger partial charge in [-0.05, 0) is 52.6 Å². The van der Waals surface area contributed by atoms with Crippen LogP contribution in [0.3, 0.4) is 0 Å². The summed E-state index contributed by atoms with van der Waals surface area (Å²) in [5.74, 6) is -0.906. The van der Waals surface area contributed by atoms with Crippen molar-refractivity contribution in [1.82, 2.24) is 10.2 Å². The molecule has 0 aliphatic heterocycles. The van der Waals surface area contributed by atoms with Gasteiger partial charge in [-0.25, -0.2) is 4.39 Å². The molecule has 0 aromatic heterocycles. The highest BCUT2D eigenvalue weighted by atomic mass is 35.5. The Morgan fingerprint density at radius 3 is 2.08 bits per heavy atom. The summed E-state index contributed by atoms with van der Waals surface area (Å²) in [6.45, 7) is 0.364. The third-order valence-electron chi connectivity index (χ3n) is 6.22. The van der Waals surface area contributed by atoms with Crippen molar-refractivity contribution in [2.45, 2.75) is 32.0 Å². The first kappa shape index (κ1) is 27.4. The molecule has 0 aliphatic carbocycles. The third-order valence-corrected chi connectivity index (χ3v) is 6.84. The van der Waals surface area contributed by atoms with E-state index in [-0.39, 0.29) is 37.1 Å². The van der Waals surface area contributed by atoms with E-state index >= 15 is 0 Å². The van der Waals surface area contributed by atoms with Crippen molar-refractivity contribution in [1.29, 1.82) is 0 Å². The van der Waals surface area contributed by atoms with Gasteiger partial charge in [-0.3, -0.25) is 9.59 Å². The molecule has 0 saturated carbocycles. The molecule has 4 aromatic rings. The number of carbonyl (C=O) groups is 2. The Labute approximate surface area is 232 Å². The number of hydrogen-bond donors (Lipinski definition) is 1. The summed E-state index contributed by atoms with van der Waals surface area (Å²) >= 11 is 12.3. The van der Waals surface area contributed by atoms with Crippen LogP contribution in [-0.2, 0) is 35.5 Å². The van der Waals surface area contributed by atoms with E-state index in [2.05, 4.69) is 5.32 Å². The van der Waals surface area contributed by atoms with E-state index in [0.29, 0.717) is 22.0 Å². The Hall–Kier alpha value is -3.67. The molecule has 38 heavy (non-hydrogen) atoms. The first-order chi connectivity index (χ1) is 18.4. The fourth-order valence-electron chi connectivity index (χ4n) is 4.16. The molecule has 0 spiro atoms. The van der Waals surface area contributed by atoms with Gasteiger partial charge in [0.05, 0.1) is 6.42 Å². The van der Waals surface area contributed by atoms with E-state index in [4.69, 9.17) is 23.2 Å². The number of hydrogen-bond acceptors (Lipinski definition) is 2. The van der Waals surface area contributed by atoms with Crippen LogP contribution in [0.25, 0.3) is 0 Å². The number of nitrogens with one attached hydrogen (secondary N) is 1. The lowest BCUT2D eigenvalue weighted by Crippen LogP contribution is -2.50. The van der Waals surface area contributed by atoms with Crippen LogP contribution in [0.4, 0.5) is 4.39 Å². The standard InChI is InChI=1S/C31H27Cl2FN2O2/c32-26-14-10-23(11-15-26)19-30(37)36(21-24-12-16-27(34)17-13-24)29(18-22-6-2-1-3-7-22)31(38)35-20-25-8-4-5-9-28(25)33/h1-17,29H,18-21H2,(H,35,38)/t29-/m0/s1. The highest BCUT2D eigenvalue weighted by molar-refractivity contribution is 6.31. The maximum atomic E-state index is 13.8. The summed E-state index contributed by atoms with van der Waals surface area (Å²) in [5.41, 5.74) is 3.18. The van der Waals surface area contributed by atoms with E-state index in [1.54, 1.807) is 47.4 Å². The molecule has 2 amide bonds. The van der Waals surface area contributed by atoms with Gasteiger partial charge in [0, 0.05) is 29.6 Å². The summed E-state index contributed by atoms with van der Waals surface area (Å²) in [4.78, 5) is 29.0. The Bertz CT molecular complexity index is 1360. The minimum absolute atomic E-state index is 0.0848. The lowest BCUT2D eigenvalue weighted by Gasteiger charge is -2.32. The van der Waals surface area contributed by atoms with Crippen molar-refractivity contribution in [2.75, 3.05) is 0 Å². The van der Waals surface area contributed by atoms with Crippen molar-refractivity contribution < 1.29 is 14.0 Å². The average Bonchev–Trinajstić information content (AvgIpc) is 2.93. The fourth-order valence-corrected chi connectivity index (χ4v) is 4.49. The number of benzene rings is 4. The SMILES string of the molecule is O=C(NCc1ccccc1Cl)[C@H](Cc1ccccc1)N(Cc1ccc(F)cc1)C(=O)Cc1ccc(Cl)cc1. The zero-order valence-corrected chi connectivity index (χ0v) is 22.1. The van der Waals surface area contributed by atoms with E-state index in [0.717, 1.165) is 16.7 Å². The second-order valence-electron chi connectivity index (χ2n) is 8.97. The van der Waals surface area contributed by atoms with Gasteiger partial charge in [0.25, 0.3) is 0 Å². The smallest absolute Gasteiger partial charge is 0.243 e. The van der Waals surface area contributed by atoms with Crippen molar-refractivity contribution in [3.8, 4) is 0 Å². The predicted octanol–water partition coefficient (Wildman–Crippen LogP) is 6.63. The number of rotatable bonds is 10. The Balaban J connectivity index is 1.65. The van der Waals surface area contributed by atoms with Crippen molar-refractivity contribution in [2.24, 2.45) is 0 Å². The van der Waals surface area contributed by atoms with Crippen LogP contribution in [0.1, 0.15) is 22.3 Å². The van der Waals surface area contributed by atoms with Crippen molar-refractivity contribution in [3.05, 3.63) is 141 Å². The zero-order chi connectivity index (χ0) is 26.9. The molecule has 0 saturated heterocycles. The zero-order valence-electron chi connectivity index (χ0n) is 20.6. The molecule has 0 heterocycles. The topological polar surface area (TPSA) is 49.4 Å². The molecular weight excluding hydrogens is 522 g/mol. The lowest BCUT2D eigenvalue weighted by atomic mass is 10.0. The maximum absolute atomic E-state index is 13.8. The first-order valence-electron chi connectivity index (χ1n) is 12.2. The number of carbonyl (C=O) groups excluding carboxylic acids is 2. The largest absolute Gasteiger partial charge is 0.350 e. The van der Waals surface area contributed by atoms with Gasteiger partial charge in [0.15, 0.2) is 0 Å². The van der Waals surface area contributed by atoms with Crippen LogP contribution < -0.4 is 5.32 Å². The summed E-state index contributed by atoms with van der Waals surface area (Å²) < 4.78 is 13.6. The third kappa shape index (κ3) is 7.67.